The molecule has 0 radical (unpaired) electrons. The first-order valence-corrected chi connectivity index (χ1v) is 14.1. The van der Waals surface area contributed by atoms with Crippen LogP contribution in [0.2, 0.25) is 0 Å². The molecule has 0 unspecified atom stereocenters. The van der Waals surface area contributed by atoms with Gasteiger partial charge in [0.1, 0.15) is 61.6 Å². The van der Waals surface area contributed by atoms with E-state index in [2.05, 4.69) is 10.5 Å². The van der Waals surface area contributed by atoms with Gasteiger partial charge in [0.15, 0.2) is 0 Å². The fourth-order valence-electron chi connectivity index (χ4n) is 5.37. The number of anilines is 1. The first-order valence-electron chi connectivity index (χ1n) is 14.1. The average Bonchev–Trinajstić information content (AvgIpc) is 3.63. The van der Waals surface area contributed by atoms with Gasteiger partial charge in [-0.15, -0.1) is 0 Å². The monoisotopic (exact) mass is 617 g/mol. The molecule has 2 heterocycles. The van der Waals surface area contributed by atoms with Crippen molar-refractivity contribution >= 4 is 23.4 Å². The van der Waals surface area contributed by atoms with Crippen LogP contribution in [0.4, 0.5) is 10.1 Å². The summed E-state index contributed by atoms with van der Waals surface area (Å²) in [5.41, 5.74) is 8.42. The molecule has 2 aromatic rings. The van der Waals surface area contributed by atoms with Crippen molar-refractivity contribution in [2.75, 3.05) is 12.5 Å². The van der Waals surface area contributed by atoms with Gasteiger partial charge in [-0.2, -0.15) is 0 Å². The molecule has 0 bridgehead atoms. The normalized spacial score (nSPS) is 32.3. The van der Waals surface area contributed by atoms with E-state index < -0.39 is 61.0 Å². The summed E-state index contributed by atoms with van der Waals surface area (Å²) >= 11 is 0. The second-order valence-corrected chi connectivity index (χ2v) is 11.0. The van der Waals surface area contributed by atoms with Crippen LogP contribution in [0.15, 0.2) is 53.2 Å². The smallest absolute Gasteiger partial charge is 0.247 e. The molecule has 3 aliphatic rings. The van der Waals surface area contributed by atoms with Crippen molar-refractivity contribution in [3.63, 3.8) is 0 Å². The number of carbonyl (C=O) groups is 1. The van der Waals surface area contributed by atoms with Crippen molar-refractivity contribution in [1.29, 1.82) is 0 Å². The van der Waals surface area contributed by atoms with E-state index >= 15 is 0 Å². The largest absolute Gasteiger partial charge is 0.463 e. The van der Waals surface area contributed by atoms with E-state index in [0.717, 1.165) is 5.56 Å². The number of aliphatic hydroxyl groups excluding tert-OH is 4. The molecule has 1 saturated carbocycles. The van der Waals surface area contributed by atoms with Gasteiger partial charge < -0.3 is 55.3 Å². The lowest BCUT2D eigenvalue weighted by molar-refractivity contribution is -0.155. The number of aliphatic hydroxyl groups is 4. The SMILES string of the molecule is CC(=Cc1ccc(O[C@H]2C[C@H](O)[C@@H](C(C)=NOCc3ccc(F)cc3)O2)c(N)c1)C(=O)N[C@@H]1[C@H](O)[C@@H](O)[C@H]2OCO[C@H]2[C@@H]1O. The molecule has 2 aromatic carbocycles. The number of carbonyl (C=O) groups excluding carboxylic acids is 1. The number of rotatable bonds is 9. The van der Waals surface area contributed by atoms with Crippen LogP contribution in [-0.4, -0.2) is 93.9 Å². The number of hydrogen-bond donors (Lipinski definition) is 6. The van der Waals surface area contributed by atoms with Gasteiger partial charge in [-0.1, -0.05) is 23.4 Å². The van der Waals surface area contributed by atoms with E-state index in [0.29, 0.717) is 17.0 Å². The van der Waals surface area contributed by atoms with Crippen LogP contribution in [0.1, 0.15) is 31.4 Å². The zero-order chi connectivity index (χ0) is 31.5. The number of oxime groups is 1. The third-order valence-electron chi connectivity index (χ3n) is 7.78. The molecule has 44 heavy (non-hydrogen) atoms. The molecule has 9 atom stereocenters. The predicted molar refractivity (Wildman–Crippen MR) is 153 cm³/mol. The van der Waals surface area contributed by atoms with Crippen molar-refractivity contribution in [2.24, 2.45) is 5.16 Å². The van der Waals surface area contributed by atoms with E-state index in [1.807, 2.05) is 0 Å². The maximum absolute atomic E-state index is 13.1. The number of fused-ring (bicyclic) bond motifs is 1. The fraction of sp³-hybridized carbons (Fsp3) is 0.467. The van der Waals surface area contributed by atoms with Gasteiger partial charge >= 0.3 is 0 Å². The molecule has 238 valence electrons. The van der Waals surface area contributed by atoms with Gasteiger partial charge in [0.05, 0.1) is 23.5 Å². The van der Waals surface area contributed by atoms with Crippen LogP contribution in [0.25, 0.3) is 6.08 Å². The lowest BCUT2D eigenvalue weighted by Crippen LogP contribution is -2.67. The topological polar surface area (TPSA) is 195 Å². The Bertz CT molecular complexity index is 1390. The summed E-state index contributed by atoms with van der Waals surface area (Å²) in [6, 6.07) is 9.51. The molecule has 1 aliphatic carbocycles. The Morgan fingerprint density at radius 1 is 1.07 bits per heavy atom. The van der Waals surface area contributed by atoms with Gasteiger partial charge in [-0.3, -0.25) is 4.79 Å². The second kappa shape index (κ2) is 13.6. The lowest BCUT2D eigenvalue weighted by atomic mass is 9.83. The molecule has 0 aromatic heterocycles. The molecular weight excluding hydrogens is 581 g/mol. The van der Waals surface area contributed by atoms with Crippen LogP contribution in [0, 0.1) is 5.82 Å². The number of nitrogens with two attached hydrogens (primary N) is 1. The average molecular weight is 618 g/mol. The van der Waals surface area contributed by atoms with Gasteiger partial charge in [0.25, 0.3) is 0 Å². The van der Waals surface area contributed by atoms with Crippen LogP contribution < -0.4 is 15.8 Å². The number of benzene rings is 2. The Hall–Kier alpha value is -3.63. The highest BCUT2D eigenvalue weighted by Crippen LogP contribution is 2.31. The zero-order valence-electron chi connectivity index (χ0n) is 24.1. The summed E-state index contributed by atoms with van der Waals surface area (Å²) in [5, 5.41) is 48.5. The summed E-state index contributed by atoms with van der Waals surface area (Å²) < 4.78 is 35.3. The second-order valence-electron chi connectivity index (χ2n) is 11.0. The molecule has 2 saturated heterocycles. The zero-order valence-corrected chi connectivity index (χ0v) is 24.1. The van der Waals surface area contributed by atoms with Crippen LogP contribution >= 0.6 is 0 Å². The van der Waals surface area contributed by atoms with E-state index in [-0.39, 0.29) is 36.9 Å². The van der Waals surface area contributed by atoms with Crippen LogP contribution in [-0.2, 0) is 30.4 Å². The van der Waals surface area contributed by atoms with E-state index in [4.69, 9.17) is 29.5 Å². The summed E-state index contributed by atoms with van der Waals surface area (Å²) in [4.78, 5) is 18.2. The highest BCUT2D eigenvalue weighted by Gasteiger charge is 2.53. The molecule has 3 fully saturated rings. The Kier molecular flexibility index (Phi) is 9.80. The molecule has 14 heteroatoms. The molecule has 1 amide bonds. The van der Waals surface area contributed by atoms with E-state index in [1.54, 1.807) is 50.3 Å². The molecule has 5 rings (SSSR count). The predicted octanol–water partition coefficient (Wildman–Crippen LogP) is 0.581. The van der Waals surface area contributed by atoms with Crippen molar-refractivity contribution in [2.45, 2.75) is 81.9 Å². The number of halogens is 1. The van der Waals surface area contributed by atoms with Crippen LogP contribution in [0.5, 0.6) is 5.75 Å². The van der Waals surface area contributed by atoms with Crippen molar-refractivity contribution in [3.8, 4) is 5.75 Å². The maximum Gasteiger partial charge on any atom is 0.247 e. The number of amides is 1. The summed E-state index contributed by atoms with van der Waals surface area (Å²) in [6.07, 6.45) is -6.62. The third-order valence-corrected chi connectivity index (χ3v) is 7.78. The highest BCUT2D eigenvalue weighted by molar-refractivity contribution is 5.97. The third kappa shape index (κ3) is 7.02. The first-order chi connectivity index (χ1) is 21.0. The molecular formula is C30H36FN3O10. The number of hydrogen-bond acceptors (Lipinski definition) is 12. The Balaban J connectivity index is 1.15. The van der Waals surface area contributed by atoms with Crippen molar-refractivity contribution in [3.05, 3.63) is 65.0 Å². The Morgan fingerprint density at radius 2 is 1.77 bits per heavy atom. The fourth-order valence-corrected chi connectivity index (χ4v) is 5.37. The molecule has 2 aliphatic heterocycles. The van der Waals surface area contributed by atoms with Gasteiger partial charge in [-0.25, -0.2) is 4.39 Å². The van der Waals surface area contributed by atoms with Gasteiger partial charge in [0.2, 0.25) is 12.2 Å². The number of nitrogens with one attached hydrogen (secondary N) is 1. The maximum atomic E-state index is 13.1. The van der Waals surface area contributed by atoms with Crippen molar-refractivity contribution < 1.29 is 53.4 Å². The highest BCUT2D eigenvalue weighted by atomic mass is 19.1. The van der Waals surface area contributed by atoms with E-state index in [9.17, 15) is 29.6 Å². The Labute approximate surface area is 252 Å². The molecule has 7 N–H and O–H groups in total. The minimum absolute atomic E-state index is 0.123. The molecule has 13 nitrogen and oxygen atoms in total. The van der Waals surface area contributed by atoms with Gasteiger partial charge in [0, 0.05) is 12.0 Å². The molecule has 0 spiro atoms. The summed E-state index contributed by atoms with van der Waals surface area (Å²) in [7, 11) is 0. The number of ether oxygens (including phenoxy) is 4. The van der Waals surface area contributed by atoms with E-state index in [1.165, 1.54) is 12.1 Å². The number of nitrogens with zero attached hydrogens (tertiary/aromatic N) is 1. The minimum atomic E-state index is -1.46. The summed E-state index contributed by atoms with van der Waals surface area (Å²) in [6.45, 7) is 3.19. The standard InChI is InChI=1S/C30H36FN3O10/c1-14(30(39)33-23-24(36)26(38)29-28(25(23)37)40-13-41-29)9-17-5-8-21(19(32)10-17)43-22-11-20(35)27(44-22)15(2)34-42-12-16-3-6-18(31)7-4-16/h3-10,20,22-29,35-38H,11-13,32H2,1-2H3,(H,33,39)/t20-,22+,23+,24-,25+,26+,27+,28-,29+/m0/s1. The summed E-state index contributed by atoms with van der Waals surface area (Å²) in [5.74, 6) is -0.615. The lowest BCUT2D eigenvalue weighted by Gasteiger charge is -2.41. The Morgan fingerprint density at radius 3 is 2.48 bits per heavy atom. The van der Waals surface area contributed by atoms with Crippen LogP contribution in [0.3, 0.4) is 0 Å². The van der Waals surface area contributed by atoms with Crippen molar-refractivity contribution in [1.82, 2.24) is 5.32 Å². The van der Waals surface area contributed by atoms with Gasteiger partial charge in [-0.05, 0) is 55.3 Å². The first kappa shape index (κ1) is 31.8. The number of nitrogen functional groups attached to an aromatic ring is 1. The minimum Gasteiger partial charge on any atom is -0.463 e. The quantitative estimate of drug-likeness (QED) is 0.0997.